The number of guanidine groups is 1. The van der Waals surface area contributed by atoms with Crippen molar-refractivity contribution in [2.24, 2.45) is 4.99 Å². The molecule has 7 nitrogen and oxygen atoms in total. The van der Waals surface area contributed by atoms with Crippen LogP contribution in [0.15, 0.2) is 41.7 Å². The van der Waals surface area contributed by atoms with Crippen LogP contribution >= 0.6 is 24.0 Å². The molecule has 8 heteroatoms. The van der Waals surface area contributed by atoms with Crippen molar-refractivity contribution in [3.8, 4) is 0 Å². The number of rotatable bonds is 5. The number of aryl methyl sites for hydroxylation is 1. The lowest BCUT2D eigenvalue weighted by atomic mass is 10.1. The summed E-state index contributed by atoms with van der Waals surface area (Å²) < 4.78 is 14.0. The molecule has 0 radical (unpaired) electrons. The topological polar surface area (TPSA) is 63.9 Å². The van der Waals surface area contributed by atoms with E-state index in [1.165, 1.54) is 11.1 Å². The van der Waals surface area contributed by atoms with Crippen LogP contribution in [-0.2, 0) is 22.6 Å². The van der Waals surface area contributed by atoms with Gasteiger partial charge in [-0.2, -0.15) is 0 Å². The van der Waals surface area contributed by atoms with Crippen molar-refractivity contribution in [1.82, 2.24) is 19.8 Å². The normalized spacial score (nSPS) is 22.1. The second-order valence-corrected chi connectivity index (χ2v) is 7.73. The lowest BCUT2D eigenvalue weighted by molar-refractivity contribution is -0.0817. The second-order valence-electron chi connectivity index (χ2n) is 7.73. The van der Waals surface area contributed by atoms with Crippen LogP contribution in [0, 0.1) is 6.92 Å². The Morgan fingerprint density at radius 2 is 2.07 bits per heavy atom. The maximum Gasteiger partial charge on any atom is 0.194 e. The molecule has 0 bridgehead atoms. The number of nitrogens with one attached hydrogen (secondary N) is 1. The number of nitrogens with zero attached hydrogens (tertiary/aromatic N) is 4. The van der Waals surface area contributed by atoms with Gasteiger partial charge in [-0.25, -0.2) is 4.98 Å². The average Bonchev–Trinajstić information content (AvgIpc) is 3.42. The van der Waals surface area contributed by atoms with Crippen molar-refractivity contribution < 1.29 is 9.47 Å². The van der Waals surface area contributed by atoms with Gasteiger partial charge in [0, 0.05) is 52.2 Å². The van der Waals surface area contributed by atoms with Gasteiger partial charge in [0.25, 0.3) is 0 Å². The molecule has 2 saturated heterocycles. The van der Waals surface area contributed by atoms with Gasteiger partial charge in [-0.15, -0.1) is 24.0 Å². The minimum atomic E-state index is 0. The zero-order valence-electron chi connectivity index (χ0n) is 17.8. The standard InChI is InChI=1S/C22H31N5O2.HI/c1-17-24-8-9-26(17)15-19-6-3-5-18(13-19)14-25-22(23-2)27-10-12-29-21(16-27)20-7-4-11-28-20;/h3,5-6,8-9,13,20-21H,4,7,10-12,14-16H2,1-2H3,(H,23,25);1H. The average molecular weight is 525 g/mol. The van der Waals surface area contributed by atoms with E-state index in [1.54, 1.807) is 0 Å². The number of benzene rings is 1. The highest BCUT2D eigenvalue weighted by molar-refractivity contribution is 14.0. The second kappa shape index (κ2) is 11.1. The monoisotopic (exact) mass is 525 g/mol. The van der Waals surface area contributed by atoms with E-state index in [1.807, 2.05) is 26.4 Å². The molecule has 3 heterocycles. The summed E-state index contributed by atoms with van der Waals surface area (Å²) in [5.41, 5.74) is 2.51. The Labute approximate surface area is 195 Å². The van der Waals surface area contributed by atoms with Crippen molar-refractivity contribution in [3.05, 3.63) is 53.6 Å². The lowest BCUT2D eigenvalue weighted by Crippen LogP contribution is -2.53. The Kier molecular flexibility index (Phi) is 8.52. The first-order valence-electron chi connectivity index (χ1n) is 10.5. The number of ether oxygens (including phenoxy) is 2. The molecule has 4 rings (SSSR count). The zero-order chi connectivity index (χ0) is 20.1. The molecule has 2 aromatic rings. The van der Waals surface area contributed by atoms with Gasteiger partial charge >= 0.3 is 0 Å². The zero-order valence-corrected chi connectivity index (χ0v) is 20.1. The minimum Gasteiger partial charge on any atom is -0.375 e. The van der Waals surface area contributed by atoms with Gasteiger partial charge in [-0.1, -0.05) is 24.3 Å². The van der Waals surface area contributed by atoms with E-state index in [0.29, 0.717) is 6.61 Å². The number of hydrogen-bond donors (Lipinski definition) is 1. The molecular formula is C22H32IN5O2. The van der Waals surface area contributed by atoms with Crippen LogP contribution in [0.5, 0.6) is 0 Å². The predicted octanol–water partition coefficient (Wildman–Crippen LogP) is 2.81. The molecule has 2 unspecified atom stereocenters. The van der Waals surface area contributed by atoms with Crippen molar-refractivity contribution >= 4 is 29.9 Å². The van der Waals surface area contributed by atoms with Crippen LogP contribution < -0.4 is 5.32 Å². The predicted molar refractivity (Wildman–Crippen MR) is 128 cm³/mol. The van der Waals surface area contributed by atoms with E-state index in [9.17, 15) is 0 Å². The van der Waals surface area contributed by atoms with Crippen LogP contribution in [-0.4, -0.2) is 66.0 Å². The summed E-state index contributed by atoms with van der Waals surface area (Å²) in [6, 6.07) is 8.67. The molecule has 0 spiro atoms. The molecule has 1 aromatic carbocycles. The molecular weight excluding hydrogens is 493 g/mol. The first-order chi connectivity index (χ1) is 14.2. The summed E-state index contributed by atoms with van der Waals surface area (Å²) in [6.45, 7) is 6.85. The molecule has 2 atom stereocenters. The van der Waals surface area contributed by atoms with E-state index in [0.717, 1.165) is 57.4 Å². The smallest absolute Gasteiger partial charge is 0.194 e. The molecule has 1 N–H and O–H groups in total. The Morgan fingerprint density at radius 3 is 2.80 bits per heavy atom. The fourth-order valence-electron chi connectivity index (χ4n) is 4.11. The Bertz CT molecular complexity index is 834. The van der Waals surface area contributed by atoms with Gasteiger partial charge in [0.2, 0.25) is 0 Å². The van der Waals surface area contributed by atoms with Gasteiger partial charge in [-0.05, 0) is 30.9 Å². The third-order valence-electron chi connectivity index (χ3n) is 5.70. The van der Waals surface area contributed by atoms with Crippen molar-refractivity contribution in [2.75, 3.05) is 33.4 Å². The van der Waals surface area contributed by atoms with E-state index in [2.05, 4.69) is 49.0 Å². The van der Waals surface area contributed by atoms with Crippen LogP contribution in [0.25, 0.3) is 0 Å². The Balaban J connectivity index is 0.00000256. The molecule has 0 saturated carbocycles. The van der Waals surface area contributed by atoms with Gasteiger partial charge < -0.3 is 24.3 Å². The third kappa shape index (κ3) is 5.73. The maximum absolute atomic E-state index is 5.97. The Morgan fingerprint density at radius 1 is 1.23 bits per heavy atom. The minimum absolute atomic E-state index is 0. The molecule has 0 aliphatic carbocycles. The molecule has 1 aromatic heterocycles. The number of halogens is 1. The van der Waals surface area contributed by atoms with Gasteiger partial charge in [0.05, 0.1) is 12.7 Å². The first-order valence-corrected chi connectivity index (χ1v) is 10.5. The first kappa shape index (κ1) is 23.0. The fourth-order valence-corrected chi connectivity index (χ4v) is 4.11. The van der Waals surface area contributed by atoms with Gasteiger partial charge in [0.1, 0.15) is 11.9 Å². The van der Waals surface area contributed by atoms with Gasteiger partial charge in [-0.3, -0.25) is 4.99 Å². The number of aromatic nitrogens is 2. The number of imidazole rings is 1. The molecule has 164 valence electrons. The quantitative estimate of drug-likeness (QED) is 0.370. The highest BCUT2D eigenvalue weighted by Crippen LogP contribution is 2.21. The van der Waals surface area contributed by atoms with Crippen molar-refractivity contribution in [1.29, 1.82) is 0 Å². The number of morpholine rings is 1. The summed E-state index contributed by atoms with van der Waals surface area (Å²) in [5.74, 6) is 1.95. The molecule has 30 heavy (non-hydrogen) atoms. The molecule has 2 fully saturated rings. The lowest BCUT2D eigenvalue weighted by Gasteiger charge is -2.37. The van der Waals surface area contributed by atoms with E-state index < -0.39 is 0 Å². The summed E-state index contributed by atoms with van der Waals surface area (Å²) in [4.78, 5) is 11.1. The summed E-state index contributed by atoms with van der Waals surface area (Å²) >= 11 is 0. The SMILES string of the molecule is CN=C(NCc1cccc(Cn2ccnc2C)c1)N1CCOC(C2CCCO2)C1.I. The van der Waals surface area contributed by atoms with Crippen molar-refractivity contribution in [3.63, 3.8) is 0 Å². The highest BCUT2D eigenvalue weighted by Gasteiger charge is 2.32. The molecule has 2 aliphatic rings. The number of hydrogen-bond acceptors (Lipinski definition) is 4. The van der Waals surface area contributed by atoms with Gasteiger partial charge in [0.15, 0.2) is 5.96 Å². The van der Waals surface area contributed by atoms with Crippen LogP contribution in [0.4, 0.5) is 0 Å². The summed E-state index contributed by atoms with van der Waals surface area (Å²) in [6.07, 6.45) is 6.44. The number of aliphatic imine (C=N–C) groups is 1. The van der Waals surface area contributed by atoms with Crippen molar-refractivity contribution in [2.45, 2.75) is 45.1 Å². The Hall–Kier alpha value is -1.65. The van der Waals surface area contributed by atoms with Crippen LogP contribution in [0.1, 0.15) is 29.8 Å². The van der Waals surface area contributed by atoms with E-state index >= 15 is 0 Å². The van der Waals surface area contributed by atoms with Crippen LogP contribution in [0.3, 0.4) is 0 Å². The summed E-state index contributed by atoms with van der Waals surface area (Å²) in [5, 5.41) is 3.52. The largest absolute Gasteiger partial charge is 0.375 e. The maximum atomic E-state index is 5.97. The molecule has 2 aliphatic heterocycles. The van der Waals surface area contributed by atoms with E-state index in [-0.39, 0.29) is 36.2 Å². The summed E-state index contributed by atoms with van der Waals surface area (Å²) in [7, 11) is 1.84. The van der Waals surface area contributed by atoms with E-state index in [4.69, 9.17) is 9.47 Å². The highest BCUT2D eigenvalue weighted by atomic mass is 127. The third-order valence-corrected chi connectivity index (χ3v) is 5.70. The van der Waals surface area contributed by atoms with Crippen LogP contribution in [0.2, 0.25) is 0 Å². The molecule has 0 amide bonds. The fraction of sp³-hybridized carbons (Fsp3) is 0.545.